The second kappa shape index (κ2) is 16.9. The first-order valence-corrected chi connectivity index (χ1v) is 27.0. The van der Waals surface area contributed by atoms with Gasteiger partial charge in [0, 0.05) is 60.2 Å². The Morgan fingerprint density at radius 2 is 0.785 bits per heavy atom. The summed E-state index contributed by atoms with van der Waals surface area (Å²) in [5, 5.41) is 13.9. The lowest BCUT2D eigenvalue weighted by atomic mass is 9.98. The van der Waals surface area contributed by atoms with Gasteiger partial charge < -0.3 is 23.0 Å². The maximum atomic E-state index is 6.89. The Bertz CT molecular complexity index is 5250. The molecule has 4 aromatic heterocycles. The van der Waals surface area contributed by atoms with Gasteiger partial charge in [0.15, 0.2) is 11.2 Å². The van der Waals surface area contributed by atoms with Crippen molar-refractivity contribution in [3.05, 3.63) is 273 Å². The van der Waals surface area contributed by atoms with Gasteiger partial charge in [0.1, 0.15) is 11.2 Å². The van der Waals surface area contributed by atoms with Crippen molar-refractivity contribution >= 4 is 138 Å². The first-order chi connectivity index (χ1) is 39.2. The van der Waals surface area contributed by atoms with Crippen LogP contribution in [0, 0.1) is 0 Å². The number of para-hydroxylation sites is 4. The Morgan fingerprint density at radius 3 is 1.43 bits per heavy atom. The van der Waals surface area contributed by atoms with E-state index in [1.807, 2.05) is 12.1 Å². The van der Waals surface area contributed by atoms with Gasteiger partial charge in [-0.2, -0.15) is 0 Å². The number of hydrogen-bond acceptors (Lipinski definition) is 4. The zero-order valence-electron chi connectivity index (χ0n) is 42.6. The lowest BCUT2D eigenvalue weighted by Gasteiger charge is -2.27. The molecule has 13 aromatic carbocycles. The number of nitrogens with zero attached hydrogens (tertiary/aromatic N) is 3. The minimum Gasteiger partial charge on any atom is -0.454 e. The summed E-state index contributed by atoms with van der Waals surface area (Å²) in [6.45, 7) is 0. The third kappa shape index (κ3) is 6.57. The van der Waals surface area contributed by atoms with E-state index in [9.17, 15) is 0 Å². The van der Waals surface area contributed by atoms with Crippen molar-refractivity contribution in [1.29, 1.82) is 0 Å². The molecule has 0 aliphatic rings. The Balaban J connectivity index is 0.913. The Hall–Kier alpha value is -10.6. The zero-order valence-corrected chi connectivity index (χ0v) is 42.6. The molecular formula is C74H45N3O2. The molecule has 5 nitrogen and oxygen atoms in total. The monoisotopic (exact) mass is 1010 g/mol. The number of fused-ring (bicyclic) bond motifs is 15. The van der Waals surface area contributed by atoms with Crippen LogP contribution in [0.25, 0.3) is 126 Å². The van der Waals surface area contributed by atoms with Crippen LogP contribution in [0.2, 0.25) is 0 Å². The van der Waals surface area contributed by atoms with E-state index in [0.717, 1.165) is 106 Å². The summed E-state index contributed by atoms with van der Waals surface area (Å²) in [6.07, 6.45) is 0. The average molecular weight is 1010 g/mol. The van der Waals surface area contributed by atoms with Gasteiger partial charge in [-0.15, -0.1) is 0 Å². The molecule has 0 saturated carbocycles. The topological polar surface area (TPSA) is 37.2 Å². The van der Waals surface area contributed by atoms with Crippen molar-refractivity contribution in [1.82, 2.24) is 4.40 Å². The second-order valence-electron chi connectivity index (χ2n) is 20.8. The van der Waals surface area contributed by atoms with Crippen LogP contribution >= 0.6 is 0 Å². The highest BCUT2D eigenvalue weighted by Crippen LogP contribution is 2.52. The Labute approximate surface area is 453 Å². The molecule has 0 atom stereocenters. The summed E-state index contributed by atoms with van der Waals surface area (Å²) < 4.78 is 16.2. The first kappa shape index (κ1) is 43.6. The predicted octanol–water partition coefficient (Wildman–Crippen LogP) is 21.2. The number of anilines is 6. The standard InChI is InChI=1S/C74H45N3O2/c1-3-15-46(16-4-1)48-29-35-53(36-30-48)75(65-25-13-23-60-57-21-9-11-27-68(57)78-73(60)65)55-39-33-51-44-62-59-40-42-64(71-70-56-20-8-7-19-50(56)34-41-63(70)77(72(59)71)67(62)45-52(51)43-55)76(54-37-31-49(32-38-54)47-17-5-2-6-18-47)66-26-14-24-61-58-22-10-12-28-69(58)79-74(61)66/h1-45H. The minimum atomic E-state index is 0.847. The summed E-state index contributed by atoms with van der Waals surface area (Å²) >= 11 is 0. The van der Waals surface area contributed by atoms with Crippen molar-refractivity contribution in [2.45, 2.75) is 0 Å². The zero-order chi connectivity index (χ0) is 51.7. The molecule has 0 bridgehead atoms. The molecule has 4 heterocycles. The molecule has 0 saturated heterocycles. The smallest absolute Gasteiger partial charge is 0.159 e. The fourth-order valence-corrected chi connectivity index (χ4v) is 12.9. The largest absolute Gasteiger partial charge is 0.454 e. The van der Waals surface area contributed by atoms with E-state index in [2.05, 4.69) is 275 Å². The number of benzene rings is 13. The third-order valence-corrected chi connectivity index (χ3v) is 16.5. The molecule has 0 unspecified atom stereocenters. The van der Waals surface area contributed by atoms with Gasteiger partial charge in [-0.05, 0) is 129 Å². The van der Waals surface area contributed by atoms with Crippen LogP contribution in [-0.4, -0.2) is 4.40 Å². The van der Waals surface area contributed by atoms with Gasteiger partial charge >= 0.3 is 0 Å². The van der Waals surface area contributed by atoms with Crippen LogP contribution in [0.1, 0.15) is 0 Å². The molecule has 0 radical (unpaired) electrons. The van der Waals surface area contributed by atoms with Gasteiger partial charge in [0.25, 0.3) is 0 Å². The highest BCUT2D eigenvalue weighted by molar-refractivity contribution is 6.33. The molecule has 17 rings (SSSR count). The van der Waals surface area contributed by atoms with E-state index < -0.39 is 0 Å². The molecule has 5 heteroatoms. The van der Waals surface area contributed by atoms with Crippen LogP contribution < -0.4 is 9.80 Å². The van der Waals surface area contributed by atoms with Gasteiger partial charge in [-0.3, -0.25) is 0 Å². The first-order valence-electron chi connectivity index (χ1n) is 27.0. The van der Waals surface area contributed by atoms with Crippen LogP contribution in [0.4, 0.5) is 34.1 Å². The van der Waals surface area contributed by atoms with Gasteiger partial charge in [-0.25, -0.2) is 0 Å². The van der Waals surface area contributed by atoms with Crippen molar-refractivity contribution in [3.63, 3.8) is 0 Å². The van der Waals surface area contributed by atoms with Crippen molar-refractivity contribution < 1.29 is 8.83 Å². The van der Waals surface area contributed by atoms with E-state index in [1.54, 1.807) is 0 Å². The highest BCUT2D eigenvalue weighted by Gasteiger charge is 2.28. The predicted molar refractivity (Wildman–Crippen MR) is 331 cm³/mol. The van der Waals surface area contributed by atoms with E-state index >= 15 is 0 Å². The third-order valence-electron chi connectivity index (χ3n) is 16.5. The van der Waals surface area contributed by atoms with Crippen molar-refractivity contribution in [3.8, 4) is 22.3 Å². The molecule has 17 aromatic rings. The lowest BCUT2D eigenvalue weighted by Crippen LogP contribution is -2.10. The van der Waals surface area contributed by atoms with E-state index in [0.29, 0.717) is 0 Å². The average Bonchev–Trinajstić information content (AvgIpc) is 4.02. The fourth-order valence-electron chi connectivity index (χ4n) is 12.9. The van der Waals surface area contributed by atoms with Crippen molar-refractivity contribution in [2.75, 3.05) is 9.80 Å². The summed E-state index contributed by atoms with van der Waals surface area (Å²) in [5.41, 5.74) is 17.8. The normalized spacial score (nSPS) is 12.1. The second-order valence-corrected chi connectivity index (χ2v) is 20.8. The Morgan fingerprint density at radius 1 is 0.266 bits per heavy atom. The van der Waals surface area contributed by atoms with Crippen LogP contribution in [0.3, 0.4) is 0 Å². The lowest BCUT2D eigenvalue weighted by molar-refractivity contribution is 0.668. The van der Waals surface area contributed by atoms with E-state index in [4.69, 9.17) is 8.83 Å². The van der Waals surface area contributed by atoms with Crippen LogP contribution in [0.15, 0.2) is 282 Å². The molecule has 0 amide bonds. The maximum absolute atomic E-state index is 6.89. The molecular weight excluding hydrogens is 963 g/mol. The number of rotatable bonds is 8. The number of aromatic nitrogens is 1. The molecule has 0 spiro atoms. The van der Waals surface area contributed by atoms with Gasteiger partial charge in [0.2, 0.25) is 0 Å². The van der Waals surface area contributed by atoms with Crippen LogP contribution in [-0.2, 0) is 0 Å². The summed E-state index contributed by atoms with van der Waals surface area (Å²) in [7, 11) is 0. The molecule has 79 heavy (non-hydrogen) atoms. The molecule has 368 valence electrons. The van der Waals surface area contributed by atoms with Crippen LogP contribution in [0.5, 0.6) is 0 Å². The summed E-state index contributed by atoms with van der Waals surface area (Å²) in [6, 6.07) is 98.7. The minimum absolute atomic E-state index is 0.847. The molecule has 0 fully saturated rings. The van der Waals surface area contributed by atoms with E-state index in [1.165, 1.54) is 54.3 Å². The van der Waals surface area contributed by atoms with Crippen molar-refractivity contribution in [2.24, 2.45) is 0 Å². The molecule has 0 aliphatic heterocycles. The summed E-state index contributed by atoms with van der Waals surface area (Å²) in [4.78, 5) is 4.78. The van der Waals surface area contributed by atoms with Gasteiger partial charge in [0.05, 0.1) is 33.6 Å². The highest BCUT2D eigenvalue weighted by atomic mass is 16.3. The SMILES string of the molecule is c1ccc(-c2ccc(N(c3ccc4cc5c6ccc(N(c7ccc(-c8ccccc8)cc7)c7cccc8c7oc7ccccc78)c7c8c9ccccc9ccc8n(c5cc4c3)c67)c3cccc4c3oc3ccccc34)cc2)cc1. The van der Waals surface area contributed by atoms with Gasteiger partial charge in [-0.1, -0.05) is 188 Å². The molecule has 0 aliphatic carbocycles. The Kier molecular flexibility index (Phi) is 9.35. The number of furan rings is 2. The fraction of sp³-hybridized carbons (Fsp3) is 0. The van der Waals surface area contributed by atoms with E-state index in [-0.39, 0.29) is 0 Å². The maximum Gasteiger partial charge on any atom is 0.159 e. The number of hydrogen-bond donors (Lipinski definition) is 0. The quantitative estimate of drug-likeness (QED) is 0.152. The molecule has 0 N–H and O–H groups in total. The summed E-state index contributed by atoms with van der Waals surface area (Å²) in [5.74, 6) is 0.